The Balaban J connectivity index is 1.18. The third kappa shape index (κ3) is 9.58. The molecule has 1 fully saturated rings. The molecule has 304 valence electrons. The first kappa shape index (κ1) is 41.6. The number of nitrogens with zero attached hydrogens (tertiary/aromatic N) is 2. The van der Waals surface area contributed by atoms with E-state index in [0.29, 0.717) is 55.4 Å². The van der Waals surface area contributed by atoms with Crippen LogP contribution in [0.15, 0.2) is 54.7 Å². The number of anilines is 1. The summed E-state index contributed by atoms with van der Waals surface area (Å²) in [7, 11) is 3.25. The van der Waals surface area contributed by atoms with Gasteiger partial charge in [-0.3, -0.25) is 4.98 Å². The van der Waals surface area contributed by atoms with Crippen LogP contribution in [0.4, 0.5) is 10.5 Å². The first-order chi connectivity index (χ1) is 26.7. The van der Waals surface area contributed by atoms with Gasteiger partial charge in [-0.05, 0) is 162 Å². The van der Waals surface area contributed by atoms with Crippen LogP contribution < -0.4 is 14.8 Å². The summed E-state index contributed by atoms with van der Waals surface area (Å²) in [4.78, 5) is 32.3. The minimum atomic E-state index is -0.857. The van der Waals surface area contributed by atoms with Crippen molar-refractivity contribution >= 4 is 29.4 Å². The van der Waals surface area contributed by atoms with Crippen molar-refractivity contribution in [3.05, 3.63) is 82.1 Å². The third-order valence-electron chi connectivity index (χ3n) is 12.3. The number of methoxy groups -OCH3 is 1. The van der Waals surface area contributed by atoms with Gasteiger partial charge in [0.25, 0.3) is 0 Å². The molecule has 3 aromatic rings. The van der Waals surface area contributed by atoms with E-state index in [-0.39, 0.29) is 17.5 Å². The van der Waals surface area contributed by atoms with Gasteiger partial charge in [-0.15, -0.1) is 0 Å². The number of aryl methyl sites for hydroxylation is 1. The highest BCUT2D eigenvalue weighted by molar-refractivity contribution is 6.30. The number of carbonyl (C=O) groups excluding carboxylic acids is 2. The van der Waals surface area contributed by atoms with Crippen molar-refractivity contribution in [2.24, 2.45) is 11.8 Å². The predicted molar refractivity (Wildman–Crippen MR) is 222 cm³/mol. The van der Waals surface area contributed by atoms with Gasteiger partial charge in [0.15, 0.2) is 0 Å². The average Bonchev–Trinajstić information content (AvgIpc) is 3.44. The molecule has 1 amide bonds. The molecule has 1 aromatic heterocycles. The molecule has 0 radical (unpaired) electrons. The molecule has 3 aliphatic carbocycles. The molecule has 1 heterocycles. The maximum absolute atomic E-state index is 13.6. The Labute approximate surface area is 339 Å². The minimum absolute atomic E-state index is 0.128. The highest BCUT2D eigenvalue weighted by Crippen LogP contribution is 2.57. The fourth-order valence-corrected chi connectivity index (χ4v) is 9.61. The zero-order valence-electron chi connectivity index (χ0n) is 34.5. The van der Waals surface area contributed by atoms with Crippen molar-refractivity contribution in [3.8, 4) is 11.5 Å². The smallest absolute Gasteiger partial charge is 0.410 e. The number of unbranched alkanes of at least 4 members (excludes halogenated alkanes) is 1. The minimum Gasteiger partial charge on any atom is -0.494 e. The molecule has 1 spiro atoms. The summed E-state index contributed by atoms with van der Waals surface area (Å²) in [5.41, 5.74) is 4.49. The number of nitrogens with one attached hydrogen (secondary N) is 1. The second-order valence-electron chi connectivity index (χ2n) is 17.7. The van der Waals surface area contributed by atoms with Crippen molar-refractivity contribution in [2.45, 2.75) is 128 Å². The normalized spacial score (nSPS) is 23.4. The van der Waals surface area contributed by atoms with E-state index < -0.39 is 11.1 Å². The summed E-state index contributed by atoms with van der Waals surface area (Å²) < 4.78 is 23.9. The maximum atomic E-state index is 13.6. The Morgan fingerprint density at radius 1 is 1.05 bits per heavy atom. The van der Waals surface area contributed by atoms with Crippen molar-refractivity contribution in [2.75, 3.05) is 39.2 Å². The van der Waals surface area contributed by atoms with E-state index in [1.807, 2.05) is 57.3 Å². The van der Waals surface area contributed by atoms with Crippen LogP contribution in [-0.2, 0) is 32.5 Å². The Morgan fingerprint density at radius 2 is 1.84 bits per heavy atom. The average molecular weight is 788 g/mol. The Bertz CT molecular complexity index is 1830. The van der Waals surface area contributed by atoms with Crippen LogP contribution in [0.1, 0.15) is 121 Å². The second kappa shape index (κ2) is 17.7. The highest BCUT2D eigenvalue weighted by atomic mass is 35.5. The molecule has 0 saturated heterocycles. The van der Waals surface area contributed by atoms with E-state index in [2.05, 4.69) is 42.3 Å². The standard InChI is InChI=1S/C46H62ClN3O6/c1-31(30-55-40-18-23-48-39-15-10-12-32(2)41(39)40)26-34-27-33-16-17-37(54-25-9-8-24-50(6)43(52)56-44(3,4)5)29-38(33)45(34)19-21-46(22-20-45,42(51)53-7)49-36-14-11-13-35(47)28-36/h11,13-14,16-18,23,28-29,31-32,34,49H,8-10,12,15,19-22,24-27,30H2,1-7H3/t31-,32-,34+,45?,46?/m1/s1. The summed E-state index contributed by atoms with van der Waals surface area (Å²) in [6.07, 6.45) is 11.5. The summed E-state index contributed by atoms with van der Waals surface area (Å²) in [5, 5.41) is 4.19. The molecule has 10 heteroatoms. The van der Waals surface area contributed by atoms with Gasteiger partial charge in [0, 0.05) is 41.8 Å². The highest BCUT2D eigenvalue weighted by Gasteiger charge is 2.54. The molecule has 56 heavy (non-hydrogen) atoms. The van der Waals surface area contributed by atoms with E-state index in [9.17, 15) is 9.59 Å². The van der Waals surface area contributed by atoms with Crippen LogP contribution in [0.3, 0.4) is 0 Å². The maximum Gasteiger partial charge on any atom is 0.410 e. The fourth-order valence-electron chi connectivity index (χ4n) is 9.42. The first-order valence-corrected chi connectivity index (χ1v) is 21.0. The number of amides is 1. The molecular formula is C46H62ClN3O6. The molecule has 1 N–H and O–H groups in total. The Hall–Kier alpha value is -3.98. The number of ether oxygens (including phenoxy) is 4. The van der Waals surface area contributed by atoms with Crippen LogP contribution in [-0.4, -0.2) is 67.0 Å². The number of fused-ring (bicyclic) bond motifs is 3. The molecule has 2 aromatic carbocycles. The van der Waals surface area contributed by atoms with Gasteiger partial charge in [-0.2, -0.15) is 0 Å². The molecule has 0 unspecified atom stereocenters. The second-order valence-corrected chi connectivity index (χ2v) is 18.1. The van der Waals surface area contributed by atoms with Gasteiger partial charge in [0.05, 0.1) is 20.3 Å². The van der Waals surface area contributed by atoms with E-state index in [0.717, 1.165) is 62.1 Å². The number of carbonyl (C=O) groups is 2. The summed E-state index contributed by atoms with van der Waals surface area (Å²) >= 11 is 6.36. The van der Waals surface area contributed by atoms with Gasteiger partial charge < -0.3 is 29.2 Å². The monoisotopic (exact) mass is 787 g/mol. The van der Waals surface area contributed by atoms with Crippen molar-refractivity contribution in [1.82, 2.24) is 9.88 Å². The van der Waals surface area contributed by atoms with E-state index in [1.54, 1.807) is 11.9 Å². The van der Waals surface area contributed by atoms with Crippen LogP contribution in [0, 0.1) is 11.8 Å². The Kier molecular flexibility index (Phi) is 13.1. The summed E-state index contributed by atoms with van der Waals surface area (Å²) in [6, 6.07) is 16.2. The number of hydrogen-bond acceptors (Lipinski definition) is 8. The molecule has 1 saturated carbocycles. The van der Waals surface area contributed by atoms with Gasteiger partial charge in [-0.25, -0.2) is 9.59 Å². The molecule has 9 nitrogen and oxygen atoms in total. The molecule has 6 rings (SSSR count). The number of benzene rings is 2. The van der Waals surface area contributed by atoms with Gasteiger partial charge in [0.1, 0.15) is 22.6 Å². The van der Waals surface area contributed by atoms with Crippen LogP contribution >= 0.6 is 11.6 Å². The van der Waals surface area contributed by atoms with Gasteiger partial charge in [0.2, 0.25) is 0 Å². The lowest BCUT2D eigenvalue weighted by Gasteiger charge is -2.47. The predicted octanol–water partition coefficient (Wildman–Crippen LogP) is 10.3. The summed E-state index contributed by atoms with van der Waals surface area (Å²) in [5.74, 6) is 2.76. The number of pyridine rings is 1. The largest absolute Gasteiger partial charge is 0.494 e. The third-order valence-corrected chi connectivity index (χ3v) is 12.5. The van der Waals surface area contributed by atoms with E-state index in [4.69, 9.17) is 30.5 Å². The molecule has 3 atom stereocenters. The number of aromatic nitrogens is 1. The van der Waals surface area contributed by atoms with Crippen LogP contribution in [0.5, 0.6) is 11.5 Å². The lowest BCUT2D eigenvalue weighted by Crippen LogP contribution is -2.53. The lowest BCUT2D eigenvalue weighted by molar-refractivity contribution is -0.148. The van der Waals surface area contributed by atoms with Crippen molar-refractivity contribution in [1.29, 1.82) is 0 Å². The number of hydrogen-bond donors (Lipinski definition) is 1. The quantitative estimate of drug-likeness (QED) is 0.127. The molecule has 0 bridgehead atoms. The van der Waals surface area contributed by atoms with Gasteiger partial charge >= 0.3 is 12.1 Å². The number of esters is 1. The van der Waals surface area contributed by atoms with Crippen molar-refractivity contribution < 1.29 is 28.5 Å². The first-order valence-electron chi connectivity index (χ1n) is 20.6. The number of rotatable bonds is 14. The van der Waals surface area contributed by atoms with Gasteiger partial charge in [-0.1, -0.05) is 37.6 Å². The zero-order chi connectivity index (χ0) is 40.1. The summed E-state index contributed by atoms with van der Waals surface area (Å²) in [6.45, 7) is 12.0. The Morgan fingerprint density at radius 3 is 2.57 bits per heavy atom. The lowest BCUT2D eigenvalue weighted by atomic mass is 9.59. The molecular weight excluding hydrogens is 726 g/mol. The molecule has 0 aliphatic heterocycles. The van der Waals surface area contributed by atoms with Crippen molar-refractivity contribution in [3.63, 3.8) is 0 Å². The topological polar surface area (TPSA) is 99.2 Å². The van der Waals surface area contributed by atoms with Crippen LogP contribution in [0.25, 0.3) is 0 Å². The fraction of sp³-hybridized carbons (Fsp3) is 0.587. The SMILES string of the molecule is COC(=O)C1(Nc2cccc(Cl)c2)CCC2(CC1)c1cc(OCCCCN(C)C(=O)OC(C)(C)C)ccc1C[C@@H]2C[C@@H](C)COc1ccnc2c1[C@H](C)CCC2. The molecule has 3 aliphatic rings. The number of halogens is 1. The van der Waals surface area contributed by atoms with E-state index in [1.165, 1.54) is 42.3 Å². The van der Waals surface area contributed by atoms with E-state index >= 15 is 0 Å². The zero-order valence-corrected chi connectivity index (χ0v) is 35.3. The van der Waals surface area contributed by atoms with Crippen LogP contribution in [0.2, 0.25) is 5.02 Å².